The van der Waals surface area contributed by atoms with Crippen molar-refractivity contribution < 1.29 is 27.1 Å². The van der Waals surface area contributed by atoms with E-state index in [1.807, 2.05) is 13.8 Å². The third-order valence-corrected chi connectivity index (χ3v) is 9.18. The number of nitrogens with zero attached hydrogens (tertiary/aromatic N) is 2. The number of carbonyl (C=O) groups excluding carboxylic acids is 2. The fourth-order valence-electron chi connectivity index (χ4n) is 4.39. The van der Waals surface area contributed by atoms with E-state index < -0.39 is 34.3 Å². The highest BCUT2D eigenvalue weighted by Gasteiger charge is 2.34. The van der Waals surface area contributed by atoms with Gasteiger partial charge in [0.1, 0.15) is 24.2 Å². The van der Waals surface area contributed by atoms with Gasteiger partial charge in [-0.25, -0.2) is 12.8 Å². The van der Waals surface area contributed by atoms with Crippen molar-refractivity contribution in [3.63, 3.8) is 0 Å². The van der Waals surface area contributed by atoms with Crippen molar-refractivity contribution in [2.45, 2.75) is 57.5 Å². The number of rotatable bonds is 14. The standard InChI is InChI=1S/C31H37BrFN3O5S/c1-5-7-18-34-31(38)28(6-2)35(20-23-10-12-24(33)13-11-23)30(37)21-36(25-14-8-22(3)9-15-25)42(39,40)26-16-17-29(41-4)27(32)19-26/h8-17,19,28H,5-7,18,20-21H2,1-4H3,(H,34,38)/t28-/m1/s1. The average Bonchev–Trinajstić information content (AvgIpc) is 2.97. The molecule has 0 bridgehead atoms. The molecule has 3 aromatic carbocycles. The van der Waals surface area contributed by atoms with Crippen LogP contribution in [0.25, 0.3) is 0 Å². The molecule has 0 aromatic heterocycles. The Morgan fingerprint density at radius 2 is 1.69 bits per heavy atom. The summed E-state index contributed by atoms with van der Waals surface area (Å²) in [7, 11) is -2.77. The molecule has 0 spiro atoms. The minimum absolute atomic E-state index is 0.00527. The summed E-state index contributed by atoms with van der Waals surface area (Å²) in [5.41, 5.74) is 1.82. The Bertz CT molecular complexity index is 1470. The van der Waals surface area contributed by atoms with Gasteiger partial charge in [-0.05, 0) is 83.7 Å². The van der Waals surface area contributed by atoms with E-state index in [0.29, 0.717) is 34.4 Å². The molecule has 3 rings (SSSR count). The van der Waals surface area contributed by atoms with Gasteiger partial charge in [0, 0.05) is 13.1 Å². The Balaban J connectivity index is 2.05. The smallest absolute Gasteiger partial charge is 0.264 e. The first kappa shape index (κ1) is 33.1. The fraction of sp³-hybridized carbons (Fsp3) is 0.355. The molecule has 226 valence electrons. The number of unbranched alkanes of at least 4 members (excludes halogenated alkanes) is 1. The van der Waals surface area contributed by atoms with E-state index in [1.165, 1.54) is 42.3 Å². The van der Waals surface area contributed by atoms with Crippen molar-refractivity contribution in [3.05, 3.63) is 88.1 Å². The van der Waals surface area contributed by atoms with Gasteiger partial charge in [-0.1, -0.05) is 50.1 Å². The number of sulfonamides is 1. The largest absolute Gasteiger partial charge is 0.496 e. The molecule has 0 saturated heterocycles. The van der Waals surface area contributed by atoms with Gasteiger partial charge < -0.3 is 15.0 Å². The number of anilines is 1. The average molecular weight is 663 g/mol. The summed E-state index contributed by atoms with van der Waals surface area (Å²) in [6.45, 7) is 5.57. The molecule has 3 aromatic rings. The molecular weight excluding hydrogens is 625 g/mol. The lowest BCUT2D eigenvalue weighted by molar-refractivity contribution is -0.140. The fourth-order valence-corrected chi connectivity index (χ4v) is 6.52. The van der Waals surface area contributed by atoms with Crippen LogP contribution >= 0.6 is 15.9 Å². The Hall–Kier alpha value is -3.44. The summed E-state index contributed by atoms with van der Waals surface area (Å²) in [5.74, 6) is -0.876. The van der Waals surface area contributed by atoms with Gasteiger partial charge in [0.15, 0.2) is 0 Å². The predicted molar refractivity (Wildman–Crippen MR) is 165 cm³/mol. The van der Waals surface area contributed by atoms with Gasteiger partial charge in [-0.15, -0.1) is 0 Å². The first-order valence-corrected chi connectivity index (χ1v) is 16.0. The lowest BCUT2D eigenvalue weighted by Gasteiger charge is -2.33. The summed E-state index contributed by atoms with van der Waals surface area (Å²) < 4.78 is 48.5. The quantitative estimate of drug-likeness (QED) is 0.220. The van der Waals surface area contributed by atoms with Crippen molar-refractivity contribution in [2.75, 3.05) is 24.5 Å². The minimum Gasteiger partial charge on any atom is -0.496 e. The number of aryl methyl sites for hydroxylation is 1. The first-order valence-electron chi connectivity index (χ1n) is 13.8. The molecule has 0 fully saturated rings. The molecule has 8 nitrogen and oxygen atoms in total. The summed E-state index contributed by atoms with van der Waals surface area (Å²) in [4.78, 5) is 28.6. The topological polar surface area (TPSA) is 96.0 Å². The molecule has 1 N–H and O–H groups in total. The number of hydrogen-bond acceptors (Lipinski definition) is 5. The Morgan fingerprint density at radius 1 is 1.02 bits per heavy atom. The van der Waals surface area contributed by atoms with Crippen LogP contribution in [0, 0.1) is 12.7 Å². The van der Waals surface area contributed by atoms with Gasteiger partial charge in [-0.3, -0.25) is 13.9 Å². The van der Waals surface area contributed by atoms with Gasteiger partial charge in [0.25, 0.3) is 10.0 Å². The number of hydrogen-bond donors (Lipinski definition) is 1. The van der Waals surface area contributed by atoms with Crippen LogP contribution in [-0.2, 0) is 26.2 Å². The van der Waals surface area contributed by atoms with E-state index in [2.05, 4.69) is 21.2 Å². The molecular formula is C31H37BrFN3O5S. The van der Waals surface area contributed by atoms with Crippen LogP contribution in [0.1, 0.15) is 44.2 Å². The number of amides is 2. The van der Waals surface area contributed by atoms with Crippen LogP contribution < -0.4 is 14.4 Å². The minimum atomic E-state index is -4.24. The van der Waals surface area contributed by atoms with Gasteiger partial charge >= 0.3 is 0 Å². The molecule has 0 aliphatic heterocycles. The summed E-state index contributed by atoms with van der Waals surface area (Å²) >= 11 is 3.35. The summed E-state index contributed by atoms with van der Waals surface area (Å²) in [6.07, 6.45) is 1.97. The van der Waals surface area contributed by atoms with Crippen LogP contribution in [-0.4, -0.2) is 51.4 Å². The van der Waals surface area contributed by atoms with Gasteiger partial charge in [0.05, 0.1) is 22.2 Å². The van der Waals surface area contributed by atoms with E-state index in [9.17, 15) is 22.4 Å². The molecule has 0 saturated carbocycles. The zero-order valence-corrected chi connectivity index (χ0v) is 26.7. The predicted octanol–water partition coefficient (Wildman–Crippen LogP) is 5.82. The highest BCUT2D eigenvalue weighted by atomic mass is 79.9. The Kier molecular flexibility index (Phi) is 11.9. The highest BCUT2D eigenvalue weighted by Crippen LogP contribution is 2.31. The summed E-state index contributed by atoms with van der Waals surface area (Å²) in [6, 6.07) is 15.9. The number of benzene rings is 3. The van der Waals surface area contributed by atoms with Crippen molar-refractivity contribution >= 4 is 43.5 Å². The molecule has 42 heavy (non-hydrogen) atoms. The number of halogens is 2. The molecule has 2 amide bonds. The second kappa shape index (κ2) is 15.2. The van der Waals surface area contributed by atoms with Crippen LogP contribution in [0.3, 0.4) is 0 Å². The van der Waals surface area contributed by atoms with Crippen LogP contribution in [0.5, 0.6) is 5.75 Å². The second-order valence-electron chi connectivity index (χ2n) is 9.86. The Morgan fingerprint density at radius 3 is 2.26 bits per heavy atom. The molecule has 0 radical (unpaired) electrons. The van der Waals surface area contributed by atoms with E-state index in [0.717, 1.165) is 22.7 Å². The number of methoxy groups -OCH3 is 1. The van der Waals surface area contributed by atoms with Crippen LogP contribution in [0.4, 0.5) is 10.1 Å². The number of nitrogens with one attached hydrogen (secondary N) is 1. The van der Waals surface area contributed by atoms with E-state index in [1.54, 1.807) is 43.3 Å². The number of ether oxygens (including phenoxy) is 1. The van der Waals surface area contributed by atoms with Gasteiger partial charge in [0.2, 0.25) is 11.8 Å². The van der Waals surface area contributed by atoms with Crippen LogP contribution in [0.15, 0.2) is 76.1 Å². The first-order chi connectivity index (χ1) is 20.0. The van der Waals surface area contributed by atoms with Crippen molar-refractivity contribution in [1.82, 2.24) is 10.2 Å². The lowest BCUT2D eigenvalue weighted by Crippen LogP contribution is -2.52. The molecule has 0 heterocycles. The zero-order chi connectivity index (χ0) is 30.9. The maximum Gasteiger partial charge on any atom is 0.264 e. The highest BCUT2D eigenvalue weighted by molar-refractivity contribution is 9.10. The second-order valence-corrected chi connectivity index (χ2v) is 12.6. The molecule has 0 aliphatic carbocycles. The molecule has 0 unspecified atom stereocenters. The van der Waals surface area contributed by atoms with Crippen molar-refractivity contribution in [1.29, 1.82) is 0 Å². The normalized spacial score (nSPS) is 12.0. The maximum absolute atomic E-state index is 14.1. The monoisotopic (exact) mass is 661 g/mol. The SMILES string of the molecule is CCCCNC(=O)[C@@H](CC)N(Cc1ccc(F)cc1)C(=O)CN(c1ccc(C)cc1)S(=O)(=O)c1ccc(OC)c(Br)c1. The molecule has 11 heteroatoms. The number of carbonyl (C=O) groups is 2. The molecule has 1 atom stereocenters. The van der Waals surface area contributed by atoms with E-state index >= 15 is 0 Å². The van der Waals surface area contributed by atoms with Crippen LogP contribution in [0.2, 0.25) is 0 Å². The lowest BCUT2D eigenvalue weighted by atomic mass is 10.1. The third kappa shape index (κ3) is 8.32. The van der Waals surface area contributed by atoms with Crippen molar-refractivity contribution in [2.24, 2.45) is 0 Å². The summed E-state index contributed by atoms with van der Waals surface area (Å²) in [5, 5.41) is 2.89. The van der Waals surface area contributed by atoms with E-state index in [4.69, 9.17) is 4.74 Å². The maximum atomic E-state index is 14.1. The Labute approximate surface area is 256 Å². The van der Waals surface area contributed by atoms with Crippen molar-refractivity contribution in [3.8, 4) is 5.75 Å². The zero-order valence-electron chi connectivity index (χ0n) is 24.3. The van der Waals surface area contributed by atoms with E-state index in [-0.39, 0.29) is 17.3 Å². The van der Waals surface area contributed by atoms with Gasteiger partial charge in [-0.2, -0.15) is 0 Å². The third-order valence-electron chi connectivity index (χ3n) is 6.79. The molecule has 0 aliphatic rings.